The van der Waals surface area contributed by atoms with E-state index < -0.39 is 5.97 Å². The quantitative estimate of drug-likeness (QED) is 0.881. The highest BCUT2D eigenvalue weighted by Gasteiger charge is 2.31. The molecule has 0 saturated carbocycles. The molecule has 2 aromatic carbocycles. The van der Waals surface area contributed by atoms with Gasteiger partial charge in [0, 0.05) is 18.3 Å². The third kappa shape index (κ3) is 3.70. The molecular weight excluding hydrogens is 302 g/mol. The van der Waals surface area contributed by atoms with E-state index in [0.29, 0.717) is 5.92 Å². The van der Waals surface area contributed by atoms with E-state index in [-0.39, 0.29) is 12.5 Å². The number of ether oxygens (including phenoxy) is 1. The number of aryl methyl sites for hydroxylation is 1. The first-order valence-electron chi connectivity index (χ1n) is 8.35. The Balaban J connectivity index is 1.74. The van der Waals surface area contributed by atoms with Crippen LogP contribution in [0.1, 0.15) is 25.3 Å². The molecule has 2 atom stereocenters. The number of carbonyl (C=O) groups is 1. The second-order valence-electron chi connectivity index (χ2n) is 6.61. The molecular formula is C20H23NO3. The fourth-order valence-corrected chi connectivity index (χ4v) is 3.37. The van der Waals surface area contributed by atoms with E-state index in [4.69, 9.17) is 9.84 Å². The highest BCUT2D eigenvalue weighted by molar-refractivity contribution is 5.69. The zero-order valence-electron chi connectivity index (χ0n) is 14.1. The average Bonchev–Trinajstić information content (AvgIpc) is 2.90. The van der Waals surface area contributed by atoms with Gasteiger partial charge in [-0.2, -0.15) is 0 Å². The third-order valence-corrected chi connectivity index (χ3v) is 4.52. The van der Waals surface area contributed by atoms with Crippen molar-refractivity contribution in [2.45, 2.75) is 32.7 Å². The van der Waals surface area contributed by atoms with Crippen LogP contribution in [0.4, 0.5) is 5.69 Å². The summed E-state index contributed by atoms with van der Waals surface area (Å²) in [5, 5.41) is 9.11. The molecule has 1 aliphatic rings. The van der Waals surface area contributed by atoms with E-state index in [1.165, 1.54) is 0 Å². The highest BCUT2D eigenvalue weighted by atomic mass is 16.5. The van der Waals surface area contributed by atoms with Crippen LogP contribution in [-0.4, -0.2) is 23.7 Å². The van der Waals surface area contributed by atoms with Gasteiger partial charge in [0.25, 0.3) is 0 Å². The van der Waals surface area contributed by atoms with Crippen molar-refractivity contribution in [2.24, 2.45) is 5.92 Å². The number of para-hydroxylation sites is 1. The molecule has 0 aliphatic carbocycles. The molecule has 126 valence electrons. The highest BCUT2D eigenvalue weighted by Crippen LogP contribution is 2.33. The summed E-state index contributed by atoms with van der Waals surface area (Å²) in [5.41, 5.74) is 2.15. The lowest BCUT2D eigenvalue weighted by Crippen LogP contribution is -2.31. The number of carboxylic acid groups (broad SMARTS) is 1. The SMILES string of the molecule is Cc1ccccc1Oc1ccc(N2CC(C)CC2CC(=O)O)cc1. The molecule has 0 spiro atoms. The molecule has 1 saturated heterocycles. The number of anilines is 1. The van der Waals surface area contributed by atoms with Gasteiger partial charge >= 0.3 is 5.97 Å². The average molecular weight is 325 g/mol. The van der Waals surface area contributed by atoms with Crippen molar-refractivity contribution in [2.75, 3.05) is 11.4 Å². The maximum atomic E-state index is 11.1. The number of hydrogen-bond donors (Lipinski definition) is 1. The summed E-state index contributed by atoms with van der Waals surface area (Å²) in [4.78, 5) is 13.3. The van der Waals surface area contributed by atoms with Gasteiger partial charge in [0.05, 0.1) is 6.42 Å². The molecule has 0 radical (unpaired) electrons. The van der Waals surface area contributed by atoms with Gasteiger partial charge < -0.3 is 14.7 Å². The molecule has 4 nitrogen and oxygen atoms in total. The molecule has 0 bridgehead atoms. The summed E-state index contributed by atoms with van der Waals surface area (Å²) in [6.45, 7) is 5.09. The zero-order valence-corrected chi connectivity index (χ0v) is 14.1. The Hall–Kier alpha value is -2.49. The van der Waals surface area contributed by atoms with Gasteiger partial charge in [-0.05, 0) is 55.2 Å². The molecule has 0 amide bonds. The Morgan fingerprint density at radius 3 is 2.58 bits per heavy atom. The molecule has 1 aliphatic heterocycles. The predicted molar refractivity (Wildman–Crippen MR) is 94.9 cm³/mol. The summed E-state index contributed by atoms with van der Waals surface area (Å²) < 4.78 is 5.93. The number of carboxylic acids is 1. The van der Waals surface area contributed by atoms with E-state index in [2.05, 4.69) is 11.8 Å². The van der Waals surface area contributed by atoms with Gasteiger partial charge in [-0.15, -0.1) is 0 Å². The van der Waals surface area contributed by atoms with Crippen molar-refractivity contribution in [1.29, 1.82) is 0 Å². The van der Waals surface area contributed by atoms with Crippen LogP contribution in [-0.2, 0) is 4.79 Å². The maximum absolute atomic E-state index is 11.1. The molecule has 24 heavy (non-hydrogen) atoms. The molecule has 4 heteroatoms. The summed E-state index contributed by atoms with van der Waals surface area (Å²) in [6.07, 6.45) is 1.11. The van der Waals surface area contributed by atoms with E-state index >= 15 is 0 Å². The number of hydrogen-bond acceptors (Lipinski definition) is 3. The molecule has 0 aromatic heterocycles. The lowest BCUT2D eigenvalue weighted by atomic mass is 10.1. The Bertz CT molecular complexity index is 711. The topological polar surface area (TPSA) is 49.8 Å². The number of aliphatic carboxylic acids is 1. The van der Waals surface area contributed by atoms with E-state index in [9.17, 15) is 4.79 Å². The molecule has 3 rings (SSSR count). The first-order valence-corrected chi connectivity index (χ1v) is 8.35. The first kappa shape index (κ1) is 16.4. The smallest absolute Gasteiger partial charge is 0.305 e. The maximum Gasteiger partial charge on any atom is 0.305 e. The van der Waals surface area contributed by atoms with Crippen LogP contribution in [0, 0.1) is 12.8 Å². The molecule has 1 N–H and O–H groups in total. The van der Waals surface area contributed by atoms with Crippen LogP contribution >= 0.6 is 0 Å². The van der Waals surface area contributed by atoms with Crippen LogP contribution in [0.3, 0.4) is 0 Å². The Morgan fingerprint density at radius 1 is 1.21 bits per heavy atom. The minimum Gasteiger partial charge on any atom is -0.481 e. The van der Waals surface area contributed by atoms with Crippen LogP contribution < -0.4 is 9.64 Å². The Kier molecular flexibility index (Phi) is 4.74. The van der Waals surface area contributed by atoms with Crippen molar-refractivity contribution in [3.05, 3.63) is 54.1 Å². The number of nitrogens with zero attached hydrogens (tertiary/aromatic N) is 1. The third-order valence-electron chi connectivity index (χ3n) is 4.52. The summed E-state index contributed by atoms with van der Waals surface area (Å²) in [5.74, 6) is 1.41. The monoisotopic (exact) mass is 325 g/mol. The standard InChI is InChI=1S/C20H23NO3/c1-14-11-17(12-20(22)23)21(13-14)16-7-9-18(10-8-16)24-19-6-4-3-5-15(19)2/h3-10,14,17H,11-13H2,1-2H3,(H,22,23). The van der Waals surface area contributed by atoms with Crippen LogP contribution in [0.25, 0.3) is 0 Å². The predicted octanol–water partition coefficient (Wildman–Crippen LogP) is 4.48. The normalized spacial score (nSPS) is 20.2. The summed E-state index contributed by atoms with van der Waals surface area (Å²) in [6, 6.07) is 15.9. The van der Waals surface area contributed by atoms with Crippen LogP contribution in [0.2, 0.25) is 0 Å². The van der Waals surface area contributed by atoms with Gasteiger partial charge in [0.2, 0.25) is 0 Å². The lowest BCUT2D eigenvalue weighted by molar-refractivity contribution is -0.137. The van der Waals surface area contributed by atoms with Crippen molar-refractivity contribution in [1.82, 2.24) is 0 Å². The van der Waals surface area contributed by atoms with E-state index in [0.717, 1.165) is 35.7 Å². The zero-order chi connectivity index (χ0) is 17.1. The Labute approximate surface area is 142 Å². The second-order valence-corrected chi connectivity index (χ2v) is 6.61. The van der Waals surface area contributed by atoms with E-state index in [1.807, 2.05) is 55.5 Å². The molecule has 1 fully saturated rings. The Morgan fingerprint density at radius 2 is 1.92 bits per heavy atom. The van der Waals surface area contributed by atoms with Crippen LogP contribution in [0.15, 0.2) is 48.5 Å². The van der Waals surface area contributed by atoms with Gasteiger partial charge in [0.15, 0.2) is 0 Å². The largest absolute Gasteiger partial charge is 0.481 e. The van der Waals surface area contributed by atoms with Gasteiger partial charge in [0.1, 0.15) is 11.5 Å². The summed E-state index contributed by atoms with van der Waals surface area (Å²) >= 11 is 0. The van der Waals surface area contributed by atoms with Crippen molar-refractivity contribution in [3.8, 4) is 11.5 Å². The molecule has 2 aromatic rings. The second kappa shape index (κ2) is 6.95. The van der Waals surface area contributed by atoms with Crippen molar-refractivity contribution in [3.63, 3.8) is 0 Å². The molecule has 1 heterocycles. The van der Waals surface area contributed by atoms with Crippen molar-refractivity contribution < 1.29 is 14.6 Å². The van der Waals surface area contributed by atoms with E-state index in [1.54, 1.807) is 0 Å². The van der Waals surface area contributed by atoms with Gasteiger partial charge in [-0.3, -0.25) is 4.79 Å². The number of rotatable bonds is 5. The van der Waals surface area contributed by atoms with Crippen LogP contribution in [0.5, 0.6) is 11.5 Å². The fraction of sp³-hybridized carbons (Fsp3) is 0.350. The minimum absolute atomic E-state index is 0.0700. The number of benzene rings is 2. The first-order chi connectivity index (χ1) is 11.5. The summed E-state index contributed by atoms with van der Waals surface area (Å²) in [7, 11) is 0. The van der Waals surface area contributed by atoms with Gasteiger partial charge in [-0.1, -0.05) is 25.1 Å². The molecule has 2 unspecified atom stereocenters. The minimum atomic E-state index is -0.737. The van der Waals surface area contributed by atoms with Gasteiger partial charge in [-0.25, -0.2) is 0 Å². The lowest BCUT2D eigenvalue weighted by Gasteiger charge is -2.26. The fourth-order valence-electron chi connectivity index (χ4n) is 3.37. The van der Waals surface area contributed by atoms with Crippen molar-refractivity contribution >= 4 is 11.7 Å².